The first-order valence-electron chi connectivity index (χ1n) is 27.8. The van der Waals surface area contributed by atoms with Crippen LogP contribution in [0, 0.1) is 11.8 Å². The van der Waals surface area contributed by atoms with Crippen LogP contribution in [0.5, 0.6) is 0 Å². The molecule has 0 aliphatic carbocycles. The van der Waals surface area contributed by atoms with Gasteiger partial charge in [-0.05, 0) is 56.4 Å². The van der Waals surface area contributed by atoms with Gasteiger partial charge >= 0.3 is 11.9 Å². The van der Waals surface area contributed by atoms with E-state index in [4.69, 9.17) is 9.47 Å². The fraction of sp³-hybridized carbons (Fsp3) is 0.839. The molecule has 10 heteroatoms. The van der Waals surface area contributed by atoms with Crippen LogP contribution in [0.1, 0.15) is 258 Å². The van der Waals surface area contributed by atoms with Gasteiger partial charge in [0.2, 0.25) is 5.91 Å². The minimum absolute atomic E-state index is 0.127. The SMILES string of the molecule is CCCCCCCCCC(CCCCCCCCOC(=O)CCCCCN1C(=O)C=CC1O)C(CCCCCCCC)CCCCCCCCCOC(=O)CCCCCN1C(=O)C=CC1=O. The highest BCUT2D eigenvalue weighted by atomic mass is 16.5. The number of carbonyl (C=O) groups is 5. The standard InChI is InChI=1S/C56H98N2O8/c1-3-5-7-9-12-18-26-36-50(38-28-20-14-16-22-34-48-66-56(64)40-30-24-32-46-58-53(61)43-44-54(58)62)49(35-25-17-10-8-6-4-2)37-27-19-13-11-15-21-33-47-65-55(63)39-29-23-31-45-57-51(59)41-42-52(57)60/h41-44,49-50,53,61H,3-40,45-48H2,1-2H3. The molecule has 0 saturated heterocycles. The quantitative estimate of drug-likeness (QED) is 0.0363. The molecule has 0 aromatic heterocycles. The normalized spacial score (nSPS) is 15.7. The molecule has 0 aromatic rings. The van der Waals surface area contributed by atoms with E-state index in [0.29, 0.717) is 52.0 Å². The highest BCUT2D eigenvalue weighted by Gasteiger charge is 2.24. The molecule has 2 aliphatic heterocycles. The lowest BCUT2D eigenvalue weighted by molar-refractivity contribution is -0.144. The summed E-state index contributed by atoms with van der Waals surface area (Å²) in [6.45, 7) is 6.53. The van der Waals surface area contributed by atoms with Crippen molar-refractivity contribution >= 4 is 29.7 Å². The lowest BCUT2D eigenvalue weighted by Gasteiger charge is -2.28. The van der Waals surface area contributed by atoms with E-state index in [-0.39, 0.29) is 29.7 Å². The van der Waals surface area contributed by atoms with Crippen molar-refractivity contribution in [3.63, 3.8) is 0 Å². The van der Waals surface area contributed by atoms with Crippen LogP contribution in [-0.2, 0) is 33.4 Å². The molecular weight excluding hydrogens is 829 g/mol. The van der Waals surface area contributed by atoms with Crippen LogP contribution in [0.2, 0.25) is 0 Å². The Hall–Kier alpha value is -3.01. The summed E-state index contributed by atoms with van der Waals surface area (Å²) in [6.07, 6.45) is 49.1. The van der Waals surface area contributed by atoms with Gasteiger partial charge in [0.05, 0.1) is 13.2 Å². The summed E-state index contributed by atoms with van der Waals surface area (Å²) in [6, 6.07) is 0. The van der Waals surface area contributed by atoms with E-state index in [0.717, 1.165) is 63.2 Å². The number of nitrogens with zero attached hydrogens (tertiary/aromatic N) is 2. The van der Waals surface area contributed by atoms with Gasteiger partial charge in [0.15, 0.2) is 0 Å². The van der Waals surface area contributed by atoms with Gasteiger partial charge in [-0.3, -0.25) is 28.9 Å². The summed E-state index contributed by atoms with van der Waals surface area (Å²) in [5, 5.41) is 9.80. The maximum Gasteiger partial charge on any atom is 0.305 e. The molecule has 2 aliphatic rings. The fourth-order valence-corrected chi connectivity index (χ4v) is 9.74. The van der Waals surface area contributed by atoms with Crippen molar-refractivity contribution in [2.45, 2.75) is 264 Å². The van der Waals surface area contributed by atoms with Crippen LogP contribution in [0.25, 0.3) is 0 Å². The third-order valence-electron chi connectivity index (χ3n) is 13.9. The molecule has 0 bridgehead atoms. The number of esters is 2. The van der Waals surface area contributed by atoms with Gasteiger partial charge in [0.1, 0.15) is 6.23 Å². The molecular formula is C56H98N2O8. The first kappa shape index (κ1) is 59.1. The Bertz CT molecular complexity index is 1310. The van der Waals surface area contributed by atoms with Gasteiger partial charge in [0, 0.05) is 44.2 Å². The van der Waals surface area contributed by atoms with E-state index in [1.54, 1.807) is 0 Å². The van der Waals surface area contributed by atoms with E-state index in [2.05, 4.69) is 13.8 Å². The summed E-state index contributed by atoms with van der Waals surface area (Å²) in [5.74, 6) is 0.801. The molecule has 0 saturated carbocycles. The summed E-state index contributed by atoms with van der Waals surface area (Å²) in [7, 11) is 0. The van der Waals surface area contributed by atoms with Crippen LogP contribution in [0.15, 0.2) is 24.3 Å². The Labute approximate surface area is 403 Å². The smallest absolute Gasteiger partial charge is 0.305 e. The van der Waals surface area contributed by atoms with Crippen molar-refractivity contribution in [2.75, 3.05) is 26.3 Å². The molecule has 3 amide bonds. The average molecular weight is 927 g/mol. The van der Waals surface area contributed by atoms with E-state index < -0.39 is 6.23 Å². The Balaban J connectivity index is 1.64. The largest absolute Gasteiger partial charge is 0.466 e. The van der Waals surface area contributed by atoms with Gasteiger partial charge in [-0.1, -0.05) is 206 Å². The Kier molecular flexibility index (Phi) is 36.7. The molecule has 3 unspecified atom stereocenters. The molecule has 10 nitrogen and oxygen atoms in total. The Morgan fingerprint density at radius 1 is 0.455 bits per heavy atom. The number of unbranched alkanes of at least 4 members (excludes halogenated alkanes) is 26. The van der Waals surface area contributed by atoms with E-state index >= 15 is 0 Å². The molecule has 1 N–H and O–H groups in total. The lowest BCUT2D eigenvalue weighted by atomic mass is 9.78. The van der Waals surface area contributed by atoms with E-state index in [9.17, 15) is 29.1 Å². The number of hydrogen-bond donors (Lipinski definition) is 1. The number of aliphatic hydroxyl groups excluding tert-OH is 1. The van der Waals surface area contributed by atoms with Crippen LogP contribution in [0.4, 0.5) is 0 Å². The third kappa shape index (κ3) is 30.4. The van der Waals surface area contributed by atoms with Gasteiger partial charge in [-0.2, -0.15) is 0 Å². The molecule has 66 heavy (non-hydrogen) atoms. The average Bonchev–Trinajstić information content (AvgIpc) is 3.81. The van der Waals surface area contributed by atoms with Crippen LogP contribution in [0.3, 0.4) is 0 Å². The zero-order valence-electron chi connectivity index (χ0n) is 42.4. The molecule has 2 rings (SSSR count). The van der Waals surface area contributed by atoms with Crippen molar-refractivity contribution < 1.29 is 38.6 Å². The molecule has 0 spiro atoms. The van der Waals surface area contributed by atoms with Gasteiger partial charge in [-0.15, -0.1) is 0 Å². The zero-order chi connectivity index (χ0) is 47.7. The van der Waals surface area contributed by atoms with Crippen molar-refractivity contribution in [1.82, 2.24) is 9.80 Å². The maximum absolute atomic E-state index is 12.2. The first-order valence-corrected chi connectivity index (χ1v) is 27.8. The predicted octanol–water partition coefficient (Wildman–Crippen LogP) is 13.8. The number of ether oxygens (including phenoxy) is 2. The van der Waals surface area contributed by atoms with Crippen molar-refractivity contribution in [1.29, 1.82) is 0 Å². The Morgan fingerprint density at radius 2 is 0.803 bits per heavy atom. The van der Waals surface area contributed by atoms with Crippen molar-refractivity contribution in [3.05, 3.63) is 24.3 Å². The minimum Gasteiger partial charge on any atom is -0.466 e. The van der Waals surface area contributed by atoms with Crippen molar-refractivity contribution in [2.24, 2.45) is 11.8 Å². The third-order valence-corrected chi connectivity index (χ3v) is 13.9. The number of rotatable bonds is 47. The van der Waals surface area contributed by atoms with Gasteiger partial charge in [-0.25, -0.2) is 0 Å². The first-order chi connectivity index (χ1) is 32.3. The van der Waals surface area contributed by atoms with Crippen LogP contribution in [-0.4, -0.2) is 77.1 Å². The number of aliphatic hydroxyl groups is 1. The highest BCUT2D eigenvalue weighted by molar-refractivity contribution is 6.12. The second-order valence-electron chi connectivity index (χ2n) is 19.7. The van der Waals surface area contributed by atoms with Gasteiger partial charge < -0.3 is 19.5 Å². The number of imide groups is 1. The maximum atomic E-state index is 12.2. The van der Waals surface area contributed by atoms with Crippen molar-refractivity contribution in [3.8, 4) is 0 Å². The monoisotopic (exact) mass is 927 g/mol. The molecule has 0 aromatic carbocycles. The number of amides is 3. The van der Waals surface area contributed by atoms with Crippen LogP contribution >= 0.6 is 0 Å². The minimum atomic E-state index is -0.814. The summed E-state index contributed by atoms with van der Waals surface area (Å²) < 4.78 is 11.0. The number of carbonyl (C=O) groups excluding carboxylic acids is 5. The van der Waals surface area contributed by atoms with Gasteiger partial charge in [0.25, 0.3) is 11.8 Å². The molecule has 0 fully saturated rings. The number of hydrogen-bond acceptors (Lipinski definition) is 8. The predicted molar refractivity (Wildman–Crippen MR) is 268 cm³/mol. The fourth-order valence-electron chi connectivity index (χ4n) is 9.74. The summed E-state index contributed by atoms with van der Waals surface area (Å²) >= 11 is 0. The Morgan fingerprint density at radius 3 is 1.18 bits per heavy atom. The zero-order valence-corrected chi connectivity index (χ0v) is 42.4. The second kappa shape index (κ2) is 41.0. The lowest BCUT2D eigenvalue weighted by Crippen LogP contribution is -2.34. The molecule has 380 valence electrons. The second-order valence-corrected chi connectivity index (χ2v) is 19.7. The molecule has 2 heterocycles. The topological polar surface area (TPSA) is 131 Å². The highest BCUT2D eigenvalue weighted by Crippen LogP contribution is 2.34. The van der Waals surface area contributed by atoms with E-state index in [1.807, 2.05) is 0 Å². The molecule has 3 atom stereocenters. The van der Waals surface area contributed by atoms with Crippen LogP contribution < -0.4 is 0 Å². The summed E-state index contributed by atoms with van der Waals surface area (Å²) in [5.41, 5.74) is 0. The molecule has 0 radical (unpaired) electrons. The summed E-state index contributed by atoms with van der Waals surface area (Å²) in [4.78, 5) is 62.1. The van der Waals surface area contributed by atoms with E-state index in [1.165, 1.54) is 201 Å².